The Morgan fingerprint density at radius 2 is 2.22 bits per heavy atom. The highest BCUT2D eigenvalue weighted by atomic mass is 16.5. The summed E-state index contributed by atoms with van der Waals surface area (Å²) in [6.45, 7) is 6.11. The molecular weight excluding hydrogens is 224 g/mol. The number of ether oxygens (including phenoxy) is 1. The van der Waals surface area contributed by atoms with Gasteiger partial charge in [-0.1, -0.05) is 13.0 Å². The molecule has 18 heavy (non-hydrogen) atoms. The van der Waals surface area contributed by atoms with Crippen LogP contribution in [0.4, 0.5) is 0 Å². The molecule has 0 radical (unpaired) electrons. The standard InChI is InChI=1S/C15H24N2O/c1-5-13-6-7-14(12-8-9-18-10-12)15(16-13)11(2)17(3)4/h6-7,11-12H,5,8-10H2,1-4H3/t11-,12+/m1/s1. The summed E-state index contributed by atoms with van der Waals surface area (Å²) in [5, 5.41) is 0. The van der Waals surface area contributed by atoms with Gasteiger partial charge in [0.15, 0.2) is 0 Å². The summed E-state index contributed by atoms with van der Waals surface area (Å²) < 4.78 is 5.52. The normalized spacial score (nSPS) is 21.5. The fourth-order valence-electron chi connectivity index (χ4n) is 2.43. The van der Waals surface area contributed by atoms with Gasteiger partial charge in [-0.05, 0) is 45.5 Å². The number of aromatic nitrogens is 1. The van der Waals surface area contributed by atoms with E-state index >= 15 is 0 Å². The van der Waals surface area contributed by atoms with E-state index in [1.54, 1.807) is 0 Å². The molecule has 1 aliphatic heterocycles. The molecule has 1 saturated heterocycles. The second kappa shape index (κ2) is 5.81. The zero-order valence-corrected chi connectivity index (χ0v) is 11.9. The first-order chi connectivity index (χ1) is 8.63. The summed E-state index contributed by atoms with van der Waals surface area (Å²) >= 11 is 0. The minimum Gasteiger partial charge on any atom is -0.381 e. The van der Waals surface area contributed by atoms with Crippen molar-refractivity contribution < 1.29 is 4.74 Å². The predicted octanol–water partition coefficient (Wildman–Crippen LogP) is 2.77. The Kier molecular flexibility index (Phi) is 4.36. The SMILES string of the molecule is CCc1ccc([C@H]2CCOC2)c([C@@H](C)N(C)C)n1. The van der Waals surface area contributed by atoms with Crippen molar-refractivity contribution in [2.45, 2.75) is 38.6 Å². The van der Waals surface area contributed by atoms with Crippen molar-refractivity contribution in [3.8, 4) is 0 Å². The average molecular weight is 248 g/mol. The minimum atomic E-state index is 0.354. The van der Waals surface area contributed by atoms with Crippen molar-refractivity contribution in [1.29, 1.82) is 0 Å². The lowest BCUT2D eigenvalue weighted by molar-refractivity contribution is 0.193. The fourth-order valence-corrected chi connectivity index (χ4v) is 2.43. The third kappa shape index (κ3) is 2.73. The minimum absolute atomic E-state index is 0.354. The topological polar surface area (TPSA) is 25.4 Å². The summed E-state index contributed by atoms with van der Waals surface area (Å²) in [4.78, 5) is 7.08. The van der Waals surface area contributed by atoms with E-state index in [9.17, 15) is 0 Å². The number of aryl methyl sites for hydroxylation is 1. The van der Waals surface area contributed by atoms with Gasteiger partial charge in [0, 0.05) is 24.3 Å². The van der Waals surface area contributed by atoms with Gasteiger partial charge in [-0.2, -0.15) is 0 Å². The van der Waals surface area contributed by atoms with E-state index < -0.39 is 0 Å². The van der Waals surface area contributed by atoms with Gasteiger partial charge >= 0.3 is 0 Å². The van der Waals surface area contributed by atoms with Crippen LogP contribution in [0.25, 0.3) is 0 Å². The molecule has 0 bridgehead atoms. The van der Waals surface area contributed by atoms with Crippen LogP contribution in [-0.2, 0) is 11.2 Å². The van der Waals surface area contributed by atoms with Crippen LogP contribution in [-0.4, -0.2) is 37.2 Å². The van der Waals surface area contributed by atoms with E-state index in [-0.39, 0.29) is 0 Å². The number of hydrogen-bond donors (Lipinski definition) is 0. The zero-order valence-electron chi connectivity index (χ0n) is 11.9. The molecule has 3 nitrogen and oxygen atoms in total. The van der Waals surface area contributed by atoms with Crippen LogP contribution in [0.1, 0.15) is 49.2 Å². The lowest BCUT2D eigenvalue weighted by Crippen LogP contribution is -2.21. The van der Waals surface area contributed by atoms with Gasteiger partial charge in [-0.15, -0.1) is 0 Å². The Morgan fingerprint density at radius 3 is 2.78 bits per heavy atom. The molecule has 1 aromatic heterocycles. The van der Waals surface area contributed by atoms with Crippen LogP contribution >= 0.6 is 0 Å². The average Bonchev–Trinajstić information content (AvgIpc) is 2.90. The summed E-state index contributed by atoms with van der Waals surface area (Å²) in [7, 11) is 4.22. The van der Waals surface area contributed by atoms with Gasteiger partial charge in [0.05, 0.1) is 12.3 Å². The second-order valence-electron chi connectivity index (χ2n) is 5.33. The molecule has 2 atom stereocenters. The van der Waals surface area contributed by atoms with Crippen molar-refractivity contribution in [2.75, 3.05) is 27.3 Å². The lowest BCUT2D eigenvalue weighted by Gasteiger charge is -2.24. The van der Waals surface area contributed by atoms with Gasteiger partial charge in [-0.25, -0.2) is 0 Å². The third-order valence-corrected chi connectivity index (χ3v) is 3.92. The molecule has 0 aliphatic carbocycles. The highest BCUT2D eigenvalue weighted by molar-refractivity contribution is 5.30. The molecule has 0 amide bonds. The molecule has 1 aliphatic rings. The van der Waals surface area contributed by atoms with Gasteiger partial charge in [0.25, 0.3) is 0 Å². The van der Waals surface area contributed by atoms with Crippen LogP contribution in [0.2, 0.25) is 0 Å². The van der Waals surface area contributed by atoms with E-state index in [0.29, 0.717) is 12.0 Å². The van der Waals surface area contributed by atoms with E-state index in [1.165, 1.54) is 17.0 Å². The summed E-state index contributed by atoms with van der Waals surface area (Å²) in [6, 6.07) is 4.78. The van der Waals surface area contributed by atoms with Gasteiger partial charge in [0.2, 0.25) is 0 Å². The van der Waals surface area contributed by atoms with E-state index in [0.717, 1.165) is 26.1 Å². The highest BCUT2D eigenvalue weighted by Gasteiger charge is 2.24. The number of rotatable bonds is 4. The van der Waals surface area contributed by atoms with Crippen LogP contribution < -0.4 is 0 Å². The van der Waals surface area contributed by atoms with Gasteiger partial charge in [0.1, 0.15) is 0 Å². The van der Waals surface area contributed by atoms with Crippen LogP contribution in [0.15, 0.2) is 12.1 Å². The summed E-state index contributed by atoms with van der Waals surface area (Å²) in [5.41, 5.74) is 3.79. The van der Waals surface area contributed by atoms with Crippen molar-refractivity contribution in [2.24, 2.45) is 0 Å². The molecule has 2 rings (SSSR count). The fraction of sp³-hybridized carbons (Fsp3) is 0.667. The molecule has 3 heteroatoms. The van der Waals surface area contributed by atoms with Crippen LogP contribution in [0.3, 0.4) is 0 Å². The molecule has 0 N–H and O–H groups in total. The lowest BCUT2D eigenvalue weighted by atomic mass is 9.93. The molecule has 0 spiro atoms. The highest BCUT2D eigenvalue weighted by Crippen LogP contribution is 2.31. The molecular formula is C15H24N2O. The van der Waals surface area contributed by atoms with Crippen molar-refractivity contribution in [3.63, 3.8) is 0 Å². The maximum absolute atomic E-state index is 5.52. The monoisotopic (exact) mass is 248 g/mol. The molecule has 0 unspecified atom stereocenters. The molecule has 0 saturated carbocycles. The Morgan fingerprint density at radius 1 is 1.44 bits per heavy atom. The number of pyridine rings is 1. The summed E-state index contributed by atoms with van der Waals surface area (Å²) in [5.74, 6) is 0.529. The first kappa shape index (κ1) is 13.5. The molecule has 100 valence electrons. The van der Waals surface area contributed by atoms with Gasteiger partial charge in [-0.3, -0.25) is 4.98 Å². The first-order valence-electron chi connectivity index (χ1n) is 6.87. The second-order valence-corrected chi connectivity index (χ2v) is 5.33. The largest absolute Gasteiger partial charge is 0.381 e. The van der Waals surface area contributed by atoms with E-state index in [2.05, 4.69) is 45.0 Å². The quantitative estimate of drug-likeness (QED) is 0.819. The molecule has 2 heterocycles. The van der Waals surface area contributed by atoms with Crippen LogP contribution in [0, 0.1) is 0 Å². The smallest absolute Gasteiger partial charge is 0.0611 e. The Hall–Kier alpha value is -0.930. The first-order valence-corrected chi connectivity index (χ1v) is 6.87. The van der Waals surface area contributed by atoms with Crippen molar-refractivity contribution in [1.82, 2.24) is 9.88 Å². The van der Waals surface area contributed by atoms with E-state index in [1.807, 2.05) is 0 Å². The molecule has 0 aromatic carbocycles. The van der Waals surface area contributed by atoms with Crippen molar-refractivity contribution in [3.05, 3.63) is 29.1 Å². The molecule has 1 aromatic rings. The Bertz CT molecular complexity index is 397. The summed E-state index contributed by atoms with van der Waals surface area (Å²) in [6.07, 6.45) is 2.12. The van der Waals surface area contributed by atoms with Crippen LogP contribution in [0.5, 0.6) is 0 Å². The number of hydrogen-bond acceptors (Lipinski definition) is 3. The molecule has 1 fully saturated rings. The Balaban J connectivity index is 2.37. The maximum Gasteiger partial charge on any atom is 0.0611 e. The Labute approximate surface area is 110 Å². The third-order valence-electron chi connectivity index (χ3n) is 3.92. The van der Waals surface area contributed by atoms with E-state index in [4.69, 9.17) is 9.72 Å². The maximum atomic E-state index is 5.52. The predicted molar refractivity (Wildman–Crippen MR) is 73.9 cm³/mol. The van der Waals surface area contributed by atoms with Crippen molar-refractivity contribution >= 4 is 0 Å². The number of nitrogens with zero attached hydrogens (tertiary/aromatic N) is 2. The van der Waals surface area contributed by atoms with Gasteiger partial charge < -0.3 is 9.64 Å². The zero-order chi connectivity index (χ0) is 13.1.